The molecule has 35 heavy (non-hydrogen) atoms. The average Bonchev–Trinajstić information content (AvgIpc) is 2.84. The topological polar surface area (TPSA) is 98.4 Å². The first-order valence-corrected chi connectivity index (χ1v) is 12.1. The average molecular weight is 475 g/mol. The second-order valence-corrected chi connectivity index (χ2v) is 9.81. The van der Waals surface area contributed by atoms with Crippen LogP contribution in [0.3, 0.4) is 0 Å². The molecule has 1 aliphatic rings. The van der Waals surface area contributed by atoms with E-state index in [1.54, 1.807) is 24.3 Å². The van der Waals surface area contributed by atoms with E-state index in [0.29, 0.717) is 36.3 Å². The summed E-state index contributed by atoms with van der Waals surface area (Å²) in [6.07, 6.45) is 2.66. The minimum Gasteiger partial charge on any atom is -0.494 e. The lowest BCUT2D eigenvalue weighted by molar-refractivity contribution is -0.00161. The number of ether oxygens (including phenoxy) is 2. The monoisotopic (exact) mass is 474 g/mol. The molecule has 0 bridgehead atoms. The van der Waals surface area contributed by atoms with E-state index in [0.717, 1.165) is 31.5 Å². The van der Waals surface area contributed by atoms with Crippen LogP contribution in [-0.2, 0) is 11.2 Å². The van der Waals surface area contributed by atoms with Gasteiger partial charge in [0.1, 0.15) is 11.4 Å². The minimum absolute atomic E-state index is 0.0735. The molecule has 0 saturated carbocycles. The van der Waals surface area contributed by atoms with Gasteiger partial charge in [-0.25, -0.2) is 4.79 Å². The van der Waals surface area contributed by atoms with Gasteiger partial charge >= 0.3 is 6.09 Å². The predicted molar refractivity (Wildman–Crippen MR) is 134 cm³/mol. The number of amides is 1. The van der Waals surface area contributed by atoms with E-state index in [1.807, 2.05) is 49.9 Å². The molecule has 1 heterocycles. The van der Waals surface area contributed by atoms with Gasteiger partial charge in [0.2, 0.25) is 0 Å². The Morgan fingerprint density at radius 1 is 1.03 bits per heavy atom. The van der Waals surface area contributed by atoms with Crippen molar-refractivity contribution < 1.29 is 14.3 Å². The third kappa shape index (κ3) is 8.02. The Bertz CT molecular complexity index is 1040. The number of hydrogen-bond donors (Lipinski definition) is 1. The molecule has 1 aliphatic heterocycles. The molecule has 1 N–H and O–H groups in total. The highest BCUT2D eigenvalue weighted by Crippen LogP contribution is 2.24. The van der Waals surface area contributed by atoms with E-state index < -0.39 is 5.60 Å². The zero-order chi connectivity index (χ0) is 25.3. The molecule has 0 radical (unpaired) electrons. The van der Waals surface area contributed by atoms with Crippen molar-refractivity contribution in [2.45, 2.75) is 64.1 Å². The van der Waals surface area contributed by atoms with Crippen LogP contribution in [0.4, 0.5) is 4.79 Å². The molecule has 0 spiro atoms. The number of carbonyl (C=O) groups is 1. The van der Waals surface area contributed by atoms with Crippen molar-refractivity contribution in [3.8, 4) is 17.9 Å². The first-order chi connectivity index (χ1) is 16.8. The molecule has 0 aliphatic carbocycles. The van der Waals surface area contributed by atoms with Gasteiger partial charge in [-0.1, -0.05) is 12.1 Å². The second kappa shape index (κ2) is 12.2. The molecule has 2 aromatic carbocycles. The van der Waals surface area contributed by atoms with Gasteiger partial charge in [-0.05, 0) is 95.1 Å². The molecular formula is C28H34N4O3. The first kappa shape index (κ1) is 26.1. The van der Waals surface area contributed by atoms with Crippen LogP contribution < -0.4 is 10.1 Å². The molecular weight excluding hydrogens is 440 g/mol. The van der Waals surface area contributed by atoms with Crippen LogP contribution in [-0.4, -0.2) is 48.4 Å². The normalized spacial score (nSPS) is 14.9. The zero-order valence-electron chi connectivity index (χ0n) is 20.8. The summed E-state index contributed by atoms with van der Waals surface area (Å²) in [5.74, 6) is 0.687. The van der Waals surface area contributed by atoms with Crippen LogP contribution in [0.5, 0.6) is 5.75 Å². The molecule has 1 fully saturated rings. The summed E-state index contributed by atoms with van der Waals surface area (Å²) in [6, 6.07) is 18.7. The van der Waals surface area contributed by atoms with Gasteiger partial charge in [0.15, 0.2) is 0 Å². The lowest BCUT2D eigenvalue weighted by Crippen LogP contribution is -2.53. The van der Waals surface area contributed by atoms with Crippen molar-refractivity contribution in [2.75, 3.05) is 19.7 Å². The van der Waals surface area contributed by atoms with E-state index in [2.05, 4.69) is 17.5 Å². The number of carbonyl (C=O) groups excluding carboxylic acids is 1. The van der Waals surface area contributed by atoms with E-state index in [-0.39, 0.29) is 18.2 Å². The van der Waals surface area contributed by atoms with Crippen molar-refractivity contribution >= 4 is 6.09 Å². The molecule has 0 aromatic heterocycles. The standard InChI is InChI=1S/C28H34N4O3/c1-28(2,3)35-27(33)32(24-12-15-31-16-13-24)25(18-21-4-6-22(19-29)7-5-21)14-17-34-26-10-8-23(20-30)9-11-26/h4-11,24-25,31H,12-18H2,1-3H3. The van der Waals surface area contributed by atoms with Crippen LogP contribution in [0.25, 0.3) is 0 Å². The van der Waals surface area contributed by atoms with E-state index in [4.69, 9.17) is 20.0 Å². The summed E-state index contributed by atoms with van der Waals surface area (Å²) in [4.78, 5) is 15.4. The van der Waals surface area contributed by atoms with Crippen molar-refractivity contribution in [1.82, 2.24) is 10.2 Å². The lowest BCUT2D eigenvalue weighted by atomic mass is 9.96. The Morgan fingerprint density at radius 2 is 1.60 bits per heavy atom. The maximum absolute atomic E-state index is 13.5. The fraction of sp³-hybridized carbons (Fsp3) is 0.464. The van der Waals surface area contributed by atoms with Gasteiger partial charge in [-0.15, -0.1) is 0 Å². The van der Waals surface area contributed by atoms with Gasteiger partial charge in [-0.3, -0.25) is 0 Å². The number of nitrogens with one attached hydrogen (secondary N) is 1. The van der Waals surface area contributed by atoms with Gasteiger partial charge in [0.25, 0.3) is 0 Å². The molecule has 1 saturated heterocycles. The number of nitrogens with zero attached hydrogens (tertiary/aromatic N) is 3. The van der Waals surface area contributed by atoms with Gasteiger partial charge < -0.3 is 19.7 Å². The van der Waals surface area contributed by atoms with Crippen LogP contribution in [0.2, 0.25) is 0 Å². The van der Waals surface area contributed by atoms with Crippen LogP contribution in [0.1, 0.15) is 56.7 Å². The summed E-state index contributed by atoms with van der Waals surface area (Å²) >= 11 is 0. The van der Waals surface area contributed by atoms with Gasteiger partial charge in [-0.2, -0.15) is 10.5 Å². The first-order valence-electron chi connectivity index (χ1n) is 12.1. The highest BCUT2D eigenvalue weighted by Gasteiger charge is 2.34. The number of rotatable bonds is 8. The van der Waals surface area contributed by atoms with Crippen LogP contribution >= 0.6 is 0 Å². The van der Waals surface area contributed by atoms with Crippen molar-refractivity contribution in [1.29, 1.82) is 10.5 Å². The summed E-state index contributed by atoms with van der Waals surface area (Å²) in [6.45, 7) is 7.78. The summed E-state index contributed by atoms with van der Waals surface area (Å²) < 4.78 is 11.8. The third-order valence-electron chi connectivity index (χ3n) is 5.96. The maximum atomic E-state index is 13.5. The third-order valence-corrected chi connectivity index (χ3v) is 5.96. The number of hydrogen-bond acceptors (Lipinski definition) is 6. The maximum Gasteiger partial charge on any atom is 0.410 e. The minimum atomic E-state index is -0.597. The van der Waals surface area contributed by atoms with Crippen molar-refractivity contribution in [2.24, 2.45) is 0 Å². The molecule has 1 unspecified atom stereocenters. The Hall–Kier alpha value is -3.55. The SMILES string of the molecule is CC(C)(C)OC(=O)N(C1CCNCC1)C(CCOc1ccc(C#N)cc1)Cc1ccc(C#N)cc1. The Balaban J connectivity index is 1.82. The van der Waals surface area contributed by atoms with E-state index in [1.165, 1.54) is 0 Å². The molecule has 3 rings (SSSR count). The Labute approximate surface area is 208 Å². The fourth-order valence-electron chi connectivity index (χ4n) is 4.26. The smallest absolute Gasteiger partial charge is 0.410 e. The highest BCUT2D eigenvalue weighted by atomic mass is 16.6. The largest absolute Gasteiger partial charge is 0.494 e. The van der Waals surface area contributed by atoms with Crippen LogP contribution in [0.15, 0.2) is 48.5 Å². The Kier molecular flexibility index (Phi) is 9.11. The molecule has 7 nitrogen and oxygen atoms in total. The quantitative estimate of drug-likeness (QED) is 0.590. The fourth-order valence-corrected chi connectivity index (χ4v) is 4.26. The molecule has 2 aromatic rings. The second-order valence-electron chi connectivity index (χ2n) is 9.81. The summed E-state index contributed by atoms with van der Waals surface area (Å²) in [7, 11) is 0. The predicted octanol–water partition coefficient (Wildman–Crippen LogP) is 4.80. The number of piperidine rings is 1. The molecule has 7 heteroatoms. The molecule has 184 valence electrons. The highest BCUT2D eigenvalue weighted by molar-refractivity contribution is 5.69. The zero-order valence-corrected chi connectivity index (χ0v) is 20.8. The molecule has 1 atom stereocenters. The van der Waals surface area contributed by atoms with Gasteiger partial charge in [0, 0.05) is 18.5 Å². The van der Waals surface area contributed by atoms with Crippen molar-refractivity contribution in [3.05, 3.63) is 65.2 Å². The van der Waals surface area contributed by atoms with E-state index >= 15 is 0 Å². The Morgan fingerprint density at radius 3 is 2.14 bits per heavy atom. The van der Waals surface area contributed by atoms with Crippen molar-refractivity contribution in [3.63, 3.8) is 0 Å². The number of benzene rings is 2. The lowest BCUT2D eigenvalue weighted by Gasteiger charge is -2.41. The summed E-state index contributed by atoms with van der Waals surface area (Å²) in [5.41, 5.74) is 1.64. The van der Waals surface area contributed by atoms with Crippen LogP contribution in [0, 0.1) is 22.7 Å². The number of nitriles is 2. The molecule has 1 amide bonds. The van der Waals surface area contributed by atoms with Gasteiger partial charge in [0.05, 0.1) is 29.9 Å². The van der Waals surface area contributed by atoms with E-state index in [9.17, 15) is 4.79 Å². The summed E-state index contributed by atoms with van der Waals surface area (Å²) in [5, 5.41) is 21.5.